The Kier molecular flexibility index (Phi) is 3.55. The minimum atomic E-state index is -4.36. The molecule has 120 valence electrons. The van der Waals surface area contributed by atoms with Gasteiger partial charge in [0.05, 0.1) is 5.56 Å². The third-order valence-corrected chi connectivity index (χ3v) is 3.84. The second kappa shape index (κ2) is 5.30. The summed E-state index contributed by atoms with van der Waals surface area (Å²) in [6.07, 6.45) is -4.37. The number of ether oxygens (including phenoxy) is 1. The van der Waals surface area contributed by atoms with Gasteiger partial charge in [-0.15, -0.1) is 0 Å². The van der Waals surface area contributed by atoms with Crippen LogP contribution in [0.15, 0.2) is 36.4 Å². The van der Waals surface area contributed by atoms with Gasteiger partial charge < -0.3 is 10.5 Å². The minimum Gasteiger partial charge on any atom is -0.485 e. The molecule has 2 aromatic rings. The zero-order chi connectivity index (χ0) is 16.8. The first-order chi connectivity index (χ1) is 10.7. The third-order valence-electron chi connectivity index (χ3n) is 3.84. The number of nitrogen functional groups attached to an aromatic ring is 1. The van der Waals surface area contributed by atoms with Gasteiger partial charge in [0.2, 0.25) is 0 Å². The Morgan fingerprint density at radius 2 is 1.96 bits per heavy atom. The molecule has 0 spiro atoms. The van der Waals surface area contributed by atoms with Crippen molar-refractivity contribution in [2.24, 2.45) is 5.73 Å². The van der Waals surface area contributed by atoms with Crippen molar-refractivity contribution in [3.63, 3.8) is 0 Å². The van der Waals surface area contributed by atoms with E-state index in [1.165, 1.54) is 6.07 Å². The van der Waals surface area contributed by atoms with E-state index in [1.54, 1.807) is 12.1 Å². The van der Waals surface area contributed by atoms with Crippen LogP contribution in [0.5, 0.6) is 5.75 Å². The lowest BCUT2D eigenvalue weighted by atomic mass is 9.98. The van der Waals surface area contributed by atoms with Gasteiger partial charge in [0, 0.05) is 12.0 Å². The number of rotatable bonds is 2. The molecule has 23 heavy (non-hydrogen) atoms. The van der Waals surface area contributed by atoms with Gasteiger partial charge in [-0.3, -0.25) is 5.41 Å². The summed E-state index contributed by atoms with van der Waals surface area (Å²) < 4.78 is 44.2. The number of fused-ring (bicyclic) bond motifs is 1. The van der Waals surface area contributed by atoms with E-state index in [0.717, 1.165) is 23.3 Å². The van der Waals surface area contributed by atoms with E-state index >= 15 is 0 Å². The molecule has 1 aliphatic rings. The summed E-state index contributed by atoms with van der Waals surface area (Å²) in [6.45, 7) is 1.87. The maximum absolute atomic E-state index is 12.8. The lowest BCUT2D eigenvalue weighted by Crippen LogP contribution is -2.13. The van der Waals surface area contributed by atoms with Gasteiger partial charge in [-0.25, -0.2) is 0 Å². The number of amidine groups is 1. The van der Waals surface area contributed by atoms with Crippen molar-refractivity contribution < 1.29 is 17.9 Å². The van der Waals surface area contributed by atoms with E-state index in [9.17, 15) is 13.2 Å². The monoisotopic (exact) mass is 320 g/mol. The Labute approximate surface area is 131 Å². The number of aryl methyl sites for hydroxylation is 1. The predicted molar refractivity (Wildman–Crippen MR) is 80.7 cm³/mol. The molecule has 0 aliphatic carbocycles. The topological polar surface area (TPSA) is 59.1 Å². The fourth-order valence-corrected chi connectivity index (χ4v) is 2.76. The molecule has 1 aliphatic heterocycles. The van der Waals surface area contributed by atoms with Crippen LogP contribution in [-0.2, 0) is 12.6 Å². The first-order valence-electron chi connectivity index (χ1n) is 7.07. The Morgan fingerprint density at radius 1 is 1.22 bits per heavy atom. The molecule has 0 aromatic heterocycles. The maximum atomic E-state index is 12.8. The highest BCUT2D eigenvalue weighted by Crippen LogP contribution is 2.40. The number of hydrogen-bond acceptors (Lipinski definition) is 2. The highest BCUT2D eigenvalue weighted by atomic mass is 19.4. The molecule has 2 aromatic carbocycles. The number of halogens is 3. The van der Waals surface area contributed by atoms with Crippen molar-refractivity contribution in [1.82, 2.24) is 0 Å². The molecule has 1 heterocycles. The molecule has 3 N–H and O–H groups in total. The molecular weight excluding hydrogens is 305 g/mol. The second-order valence-corrected chi connectivity index (χ2v) is 5.68. The summed E-state index contributed by atoms with van der Waals surface area (Å²) in [6, 6.07) is 8.95. The molecule has 1 atom stereocenters. The first-order valence-corrected chi connectivity index (χ1v) is 7.07. The third kappa shape index (κ3) is 3.02. The molecule has 0 saturated heterocycles. The van der Waals surface area contributed by atoms with Gasteiger partial charge in [-0.05, 0) is 53.9 Å². The highest BCUT2D eigenvalue weighted by Gasteiger charge is 2.33. The summed E-state index contributed by atoms with van der Waals surface area (Å²) in [5.74, 6) is 0.415. The molecule has 0 fully saturated rings. The molecule has 0 amide bonds. The average molecular weight is 320 g/mol. The lowest BCUT2D eigenvalue weighted by Gasteiger charge is -2.13. The van der Waals surface area contributed by atoms with Crippen LogP contribution in [0.2, 0.25) is 0 Å². The predicted octanol–water partition coefficient (Wildman–Crippen LogP) is 3.97. The second-order valence-electron chi connectivity index (χ2n) is 5.68. The number of nitrogens with one attached hydrogen (secondary N) is 1. The Balaban J connectivity index is 1.92. The highest BCUT2D eigenvalue weighted by molar-refractivity contribution is 5.95. The van der Waals surface area contributed by atoms with Gasteiger partial charge in [0.1, 0.15) is 17.7 Å². The molecular formula is C17H15F3N2O. The van der Waals surface area contributed by atoms with Gasteiger partial charge >= 0.3 is 6.18 Å². The molecule has 0 saturated carbocycles. The van der Waals surface area contributed by atoms with E-state index in [2.05, 4.69) is 0 Å². The number of hydrogen-bond donors (Lipinski definition) is 2. The summed E-state index contributed by atoms with van der Waals surface area (Å²) >= 11 is 0. The molecule has 1 unspecified atom stereocenters. The van der Waals surface area contributed by atoms with E-state index < -0.39 is 11.7 Å². The van der Waals surface area contributed by atoms with Gasteiger partial charge in [-0.2, -0.15) is 13.2 Å². The van der Waals surface area contributed by atoms with Gasteiger partial charge in [-0.1, -0.05) is 6.07 Å². The van der Waals surface area contributed by atoms with Crippen LogP contribution in [0, 0.1) is 12.3 Å². The summed E-state index contributed by atoms with van der Waals surface area (Å²) in [4.78, 5) is 0. The van der Waals surface area contributed by atoms with E-state index in [-0.39, 0.29) is 11.9 Å². The zero-order valence-electron chi connectivity index (χ0n) is 12.4. The van der Waals surface area contributed by atoms with Crippen molar-refractivity contribution in [3.8, 4) is 5.75 Å². The van der Waals surface area contributed by atoms with Crippen LogP contribution < -0.4 is 10.5 Å². The van der Waals surface area contributed by atoms with Crippen molar-refractivity contribution >= 4 is 5.84 Å². The van der Waals surface area contributed by atoms with E-state index in [0.29, 0.717) is 23.3 Å². The van der Waals surface area contributed by atoms with E-state index in [1.807, 2.05) is 13.0 Å². The summed E-state index contributed by atoms with van der Waals surface area (Å²) in [5, 5.41) is 7.54. The number of benzene rings is 2. The van der Waals surface area contributed by atoms with E-state index in [4.69, 9.17) is 15.9 Å². The van der Waals surface area contributed by atoms with Crippen LogP contribution >= 0.6 is 0 Å². The molecule has 3 nitrogen and oxygen atoms in total. The normalized spacial score (nSPS) is 16.8. The van der Waals surface area contributed by atoms with Crippen molar-refractivity contribution in [3.05, 3.63) is 64.2 Å². The van der Waals surface area contributed by atoms with Crippen LogP contribution in [0.4, 0.5) is 13.2 Å². The Hall–Kier alpha value is -2.50. The fraction of sp³-hybridized carbons (Fsp3) is 0.235. The first kappa shape index (κ1) is 15.4. The Morgan fingerprint density at radius 3 is 2.61 bits per heavy atom. The quantitative estimate of drug-likeness (QED) is 0.649. The van der Waals surface area contributed by atoms with Crippen LogP contribution in [0.1, 0.15) is 33.9 Å². The molecule has 3 rings (SSSR count). The molecule has 6 heteroatoms. The fourth-order valence-electron chi connectivity index (χ4n) is 2.76. The smallest absolute Gasteiger partial charge is 0.416 e. The maximum Gasteiger partial charge on any atom is 0.416 e. The summed E-state index contributed by atoms with van der Waals surface area (Å²) in [5.41, 5.74) is 7.69. The summed E-state index contributed by atoms with van der Waals surface area (Å²) in [7, 11) is 0. The largest absolute Gasteiger partial charge is 0.485 e. The van der Waals surface area contributed by atoms with Crippen LogP contribution in [-0.4, -0.2) is 5.84 Å². The lowest BCUT2D eigenvalue weighted by molar-refractivity contribution is -0.137. The Bertz CT molecular complexity index is 784. The molecule has 0 bridgehead atoms. The van der Waals surface area contributed by atoms with Crippen LogP contribution in [0.3, 0.4) is 0 Å². The number of alkyl halides is 3. The minimum absolute atomic E-state index is 0.0511. The zero-order valence-corrected chi connectivity index (χ0v) is 12.4. The standard InChI is InChI=1S/C17H15F3N2O/c1-9-4-10(6-12(5-9)16(21)22)15-8-11-7-13(17(18,19)20)2-3-14(11)23-15/h2-7,15H,8H2,1H3,(H3,21,22). The van der Waals surface area contributed by atoms with Gasteiger partial charge in [0.25, 0.3) is 0 Å². The average Bonchev–Trinajstić information content (AvgIpc) is 2.88. The van der Waals surface area contributed by atoms with Crippen molar-refractivity contribution in [1.29, 1.82) is 5.41 Å². The van der Waals surface area contributed by atoms with Crippen molar-refractivity contribution in [2.75, 3.05) is 0 Å². The SMILES string of the molecule is Cc1cc(C(=N)N)cc(C2Cc3cc(C(F)(F)F)ccc3O2)c1. The molecule has 0 radical (unpaired) electrons. The van der Waals surface area contributed by atoms with Crippen LogP contribution in [0.25, 0.3) is 0 Å². The van der Waals surface area contributed by atoms with Gasteiger partial charge in [0.15, 0.2) is 0 Å². The number of nitrogens with two attached hydrogens (primary N) is 1. The van der Waals surface area contributed by atoms with Crippen molar-refractivity contribution in [2.45, 2.75) is 25.6 Å².